The Balaban J connectivity index is 3.23. The van der Waals surface area contributed by atoms with E-state index in [9.17, 15) is 4.91 Å². The van der Waals surface area contributed by atoms with E-state index in [2.05, 4.69) is 21.1 Å². The lowest BCUT2D eigenvalue weighted by atomic mass is 10.2. The number of nitrogens with zero attached hydrogens (tertiary/aromatic N) is 1. The van der Waals surface area contributed by atoms with Crippen molar-refractivity contribution in [3.8, 4) is 0 Å². The summed E-state index contributed by atoms with van der Waals surface area (Å²) in [6.45, 7) is 0. The molecule has 0 radical (unpaired) electrons. The lowest BCUT2D eigenvalue weighted by Crippen LogP contribution is -1.79. The molecule has 0 heterocycles. The van der Waals surface area contributed by atoms with Crippen molar-refractivity contribution in [2.75, 3.05) is 0 Å². The number of hydrogen-bond acceptors (Lipinski definition) is 2. The third-order valence-corrected chi connectivity index (χ3v) is 2.24. The van der Waals surface area contributed by atoms with E-state index in [1.54, 1.807) is 18.2 Å². The van der Waals surface area contributed by atoms with Crippen LogP contribution in [-0.4, -0.2) is 0 Å². The molecule has 2 nitrogen and oxygen atoms in total. The van der Waals surface area contributed by atoms with Crippen LogP contribution in [0.1, 0.15) is 5.56 Å². The zero-order valence-corrected chi connectivity index (χ0v) is 7.89. The van der Waals surface area contributed by atoms with Crippen LogP contribution in [0, 0.1) is 4.91 Å². The molecule has 58 valence electrons. The maximum absolute atomic E-state index is 10.2. The van der Waals surface area contributed by atoms with Crippen LogP contribution in [0.2, 0.25) is 5.02 Å². The predicted molar refractivity (Wildman–Crippen MR) is 49.5 cm³/mol. The molecule has 1 rings (SSSR count). The molecule has 0 atom stereocenters. The summed E-state index contributed by atoms with van der Waals surface area (Å²) in [6, 6.07) is 5.06. The predicted octanol–water partition coefficient (Wildman–Crippen LogP) is 3.63. The SMILES string of the molecule is O=Nc1cccc(Cl)c1CBr. The van der Waals surface area contributed by atoms with Gasteiger partial charge in [0.05, 0.1) is 0 Å². The number of rotatable bonds is 2. The quantitative estimate of drug-likeness (QED) is 0.567. The van der Waals surface area contributed by atoms with Crippen LogP contribution < -0.4 is 0 Å². The highest BCUT2D eigenvalue weighted by Crippen LogP contribution is 2.28. The summed E-state index contributed by atoms with van der Waals surface area (Å²) in [5.41, 5.74) is 1.14. The Bertz CT molecular complexity index is 277. The first-order valence-corrected chi connectivity index (χ1v) is 4.46. The Labute approximate surface area is 77.7 Å². The summed E-state index contributed by atoms with van der Waals surface area (Å²) < 4.78 is 0. The first kappa shape index (κ1) is 8.68. The third kappa shape index (κ3) is 1.79. The zero-order valence-electron chi connectivity index (χ0n) is 5.55. The van der Waals surface area contributed by atoms with Gasteiger partial charge in [-0.3, -0.25) is 0 Å². The minimum atomic E-state index is 0.398. The molecule has 0 aliphatic rings. The molecule has 0 saturated heterocycles. The number of benzene rings is 1. The highest BCUT2D eigenvalue weighted by molar-refractivity contribution is 9.08. The van der Waals surface area contributed by atoms with Gasteiger partial charge in [-0.1, -0.05) is 33.6 Å². The third-order valence-electron chi connectivity index (χ3n) is 1.33. The van der Waals surface area contributed by atoms with E-state index >= 15 is 0 Å². The van der Waals surface area contributed by atoms with Gasteiger partial charge in [-0.15, -0.1) is 4.91 Å². The fourth-order valence-electron chi connectivity index (χ4n) is 0.765. The molecule has 0 aliphatic carbocycles. The van der Waals surface area contributed by atoms with E-state index in [1.165, 1.54) is 0 Å². The maximum Gasteiger partial charge on any atom is 0.113 e. The topological polar surface area (TPSA) is 29.4 Å². The fraction of sp³-hybridized carbons (Fsp3) is 0.143. The van der Waals surface area contributed by atoms with Crippen LogP contribution in [0.3, 0.4) is 0 Å². The van der Waals surface area contributed by atoms with Crippen molar-refractivity contribution in [3.05, 3.63) is 33.7 Å². The van der Waals surface area contributed by atoms with Gasteiger partial charge in [0.25, 0.3) is 0 Å². The normalized spacial score (nSPS) is 9.64. The smallest absolute Gasteiger partial charge is 0.113 e. The molecule has 1 aromatic rings. The zero-order chi connectivity index (χ0) is 8.27. The monoisotopic (exact) mass is 233 g/mol. The molecular formula is C7H5BrClNO. The average Bonchev–Trinajstić information content (AvgIpc) is 2.04. The molecule has 0 bridgehead atoms. The molecular weight excluding hydrogens is 229 g/mol. The minimum Gasteiger partial charge on any atom is -0.145 e. The number of halogens is 2. The first-order valence-electron chi connectivity index (χ1n) is 2.96. The van der Waals surface area contributed by atoms with E-state index in [0.29, 0.717) is 16.0 Å². The molecule has 0 saturated carbocycles. The van der Waals surface area contributed by atoms with Gasteiger partial charge >= 0.3 is 0 Å². The molecule has 0 N–H and O–H groups in total. The lowest BCUT2D eigenvalue weighted by Gasteiger charge is -1.99. The maximum atomic E-state index is 10.2. The van der Waals surface area contributed by atoms with Gasteiger partial charge in [0.2, 0.25) is 0 Å². The van der Waals surface area contributed by atoms with Crippen molar-refractivity contribution in [1.29, 1.82) is 0 Å². The van der Waals surface area contributed by atoms with Gasteiger partial charge in [0.1, 0.15) is 5.69 Å². The van der Waals surface area contributed by atoms with Crippen molar-refractivity contribution in [2.24, 2.45) is 5.18 Å². The summed E-state index contributed by atoms with van der Waals surface area (Å²) in [6.07, 6.45) is 0. The Morgan fingerprint density at radius 2 is 2.27 bits per heavy atom. The highest BCUT2D eigenvalue weighted by Gasteiger charge is 2.04. The molecule has 0 fully saturated rings. The molecule has 0 amide bonds. The molecule has 11 heavy (non-hydrogen) atoms. The Hall–Kier alpha value is -0.410. The number of nitroso groups, excluding NO2 is 1. The van der Waals surface area contributed by atoms with Crippen LogP contribution in [0.4, 0.5) is 5.69 Å². The van der Waals surface area contributed by atoms with Gasteiger partial charge in [0, 0.05) is 15.9 Å². The number of hydrogen-bond donors (Lipinski definition) is 0. The largest absolute Gasteiger partial charge is 0.145 e. The van der Waals surface area contributed by atoms with E-state index in [0.717, 1.165) is 5.56 Å². The van der Waals surface area contributed by atoms with E-state index in [1.807, 2.05) is 0 Å². The van der Waals surface area contributed by atoms with Gasteiger partial charge in [-0.2, -0.15) is 0 Å². The fourth-order valence-corrected chi connectivity index (χ4v) is 1.75. The van der Waals surface area contributed by atoms with Crippen LogP contribution in [0.15, 0.2) is 23.4 Å². The van der Waals surface area contributed by atoms with Gasteiger partial charge in [0.15, 0.2) is 0 Å². The first-order chi connectivity index (χ1) is 5.29. The van der Waals surface area contributed by atoms with Gasteiger partial charge in [-0.25, -0.2) is 0 Å². The average molecular weight is 234 g/mol. The summed E-state index contributed by atoms with van der Waals surface area (Å²) in [5, 5.41) is 3.96. The molecule has 4 heteroatoms. The van der Waals surface area contributed by atoms with E-state index < -0.39 is 0 Å². The van der Waals surface area contributed by atoms with E-state index in [4.69, 9.17) is 11.6 Å². The second kappa shape index (κ2) is 3.83. The summed E-state index contributed by atoms with van der Waals surface area (Å²) >= 11 is 9.00. The van der Waals surface area contributed by atoms with Crippen LogP contribution >= 0.6 is 27.5 Å². The summed E-state index contributed by atoms with van der Waals surface area (Å²) in [5.74, 6) is 0. The van der Waals surface area contributed by atoms with Crippen molar-refractivity contribution < 1.29 is 0 Å². The van der Waals surface area contributed by atoms with Crippen molar-refractivity contribution >= 4 is 33.2 Å². The lowest BCUT2D eigenvalue weighted by molar-refractivity contribution is 1.37. The number of alkyl halides is 1. The Morgan fingerprint density at radius 3 is 2.73 bits per heavy atom. The Kier molecular flexibility index (Phi) is 3.02. The summed E-state index contributed by atoms with van der Waals surface area (Å²) in [7, 11) is 0. The molecule has 1 aromatic carbocycles. The van der Waals surface area contributed by atoms with E-state index in [-0.39, 0.29) is 0 Å². The van der Waals surface area contributed by atoms with Crippen molar-refractivity contribution in [1.82, 2.24) is 0 Å². The molecule has 0 spiro atoms. The second-order valence-corrected chi connectivity index (χ2v) is 2.93. The molecule has 0 unspecified atom stereocenters. The van der Waals surface area contributed by atoms with Crippen LogP contribution in [-0.2, 0) is 5.33 Å². The molecule has 0 aromatic heterocycles. The standard InChI is InChI=1S/C7H5BrClNO/c8-4-5-6(9)2-1-3-7(5)10-11/h1-3H,4H2. The highest BCUT2D eigenvalue weighted by atomic mass is 79.9. The van der Waals surface area contributed by atoms with Gasteiger partial charge in [-0.05, 0) is 17.3 Å². The second-order valence-electron chi connectivity index (χ2n) is 1.96. The van der Waals surface area contributed by atoms with Gasteiger partial charge < -0.3 is 0 Å². The summed E-state index contributed by atoms with van der Waals surface area (Å²) in [4.78, 5) is 10.2. The minimum absolute atomic E-state index is 0.398. The molecule has 0 aliphatic heterocycles. The van der Waals surface area contributed by atoms with Crippen molar-refractivity contribution in [2.45, 2.75) is 5.33 Å². The van der Waals surface area contributed by atoms with Crippen molar-refractivity contribution in [3.63, 3.8) is 0 Å². The van der Waals surface area contributed by atoms with Crippen LogP contribution in [0.5, 0.6) is 0 Å². The van der Waals surface area contributed by atoms with Crippen LogP contribution in [0.25, 0.3) is 0 Å². The Morgan fingerprint density at radius 1 is 1.55 bits per heavy atom.